The van der Waals surface area contributed by atoms with Gasteiger partial charge >= 0.3 is 0 Å². The van der Waals surface area contributed by atoms with Gasteiger partial charge in [-0.25, -0.2) is 0 Å². The molecule has 3 fully saturated rings. The second kappa shape index (κ2) is 7.06. The predicted octanol–water partition coefficient (Wildman–Crippen LogP) is 2.01. The van der Waals surface area contributed by atoms with E-state index in [4.69, 9.17) is 4.74 Å². The van der Waals surface area contributed by atoms with Gasteiger partial charge in [-0.1, -0.05) is 0 Å². The van der Waals surface area contributed by atoms with E-state index in [2.05, 4.69) is 20.9 Å². The van der Waals surface area contributed by atoms with Crippen molar-refractivity contribution in [2.75, 3.05) is 31.6 Å². The molecule has 3 aliphatic rings. The smallest absolute Gasteiger partial charge is 0.230 e. The summed E-state index contributed by atoms with van der Waals surface area (Å²) in [6, 6.07) is 7.13. The highest BCUT2D eigenvalue weighted by Gasteiger charge is 2.50. The molecule has 6 nitrogen and oxygen atoms in total. The number of carbonyl (C=O) groups excluding carboxylic acids is 1. The Morgan fingerprint density at radius 3 is 2.85 bits per heavy atom. The van der Waals surface area contributed by atoms with E-state index in [1.807, 2.05) is 6.07 Å². The van der Waals surface area contributed by atoms with Crippen molar-refractivity contribution in [3.8, 4) is 5.88 Å². The number of ether oxygens (including phenoxy) is 1. The number of pyridine rings is 1. The van der Waals surface area contributed by atoms with Crippen LogP contribution < -0.4 is 9.64 Å². The van der Waals surface area contributed by atoms with Crippen LogP contribution in [0.5, 0.6) is 5.88 Å². The fraction of sp³-hybridized carbons (Fsp3) is 0.700. The first-order valence-electron chi connectivity index (χ1n) is 9.78. The number of aliphatic hydroxyl groups is 1. The molecule has 2 saturated heterocycles. The molecule has 1 N–H and O–H groups in total. The fourth-order valence-corrected chi connectivity index (χ4v) is 4.89. The van der Waals surface area contributed by atoms with Gasteiger partial charge in [-0.2, -0.15) is 4.98 Å². The fourth-order valence-electron chi connectivity index (χ4n) is 4.89. The van der Waals surface area contributed by atoms with Crippen molar-refractivity contribution in [2.24, 2.45) is 5.41 Å². The van der Waals surface area contributed by atoms with Gasteiger partial charge in [-0.15, -0.1) is 0 Å². The van der Waals surface area contributed by atoms with E-state index in [0.29, 0.717) is 24.4 Å². The Balaban J connectivity index is 1.48. The number of hydrogen-bond donors (Lipinski definition) is 1. The summed E-state index contributed by atoms with van der Waals surface area (Å²) in [4.78, 5) is 22.2. The highest BCUT2D eigenvalue weighted by molar-refractivity contribution is 5.86. The second-order valence-corrected chi connectivity index (χ2v) is 7.97. The average molecular weight is 358 g/mol. The van der Waals surface area contributed by atoms with E-state index in [1.165, 1.54) is 0 Å². The molecule has 1 aromatic rings. The highest BCUT2D eigenvalue weighted by Crippen LogP contribution is 2.43. The normalized spacial score (nSPS) is 32.3. The molecule has 3 heterocycles. The van der Waals surface area contributed by atoms with Crippen molar-refractivity contribution in [1.29, 1.82) is 0 Å². The van der Waals surface area contributed by atoms with E-state index in [-0.39, 0.29) is 11.5 Å². The van der Waals surface area contributed by atoms with Crippen LogP contribution in [0.2, 0.25) is 0 Å². The van der Waals surface area contributed by atoms with Gasteiger partial charge in [0, 0.05) is 37.8 Å². The Bertz CT molecular complexity index is 659. The van der Waals surface area contributed by atoms with Crippen molar-refractivity contribution in [3.63, 3.8) is 0 Å². The first kappa shape index (κ1) is 17.6. The minimum atomic E-state index is -0.285. The van der Waals surface area contributed by atoms with Crippen LogP contribution in [-0.4, -0.2) is 59.8 Å². The molecule has 0 bridgehead atoms. The van der Waals surface area contributed by atoms with Crippen LogP contribution in [0.25, 0.3) is 0 Å². The van der Waals surface area contributed by atoms with E-state index in [9.17, 15) is 9.90 Å². The number of aliphatic hydroxyl groups excluding tert-OH is 1. The van der Waals surface area contributed by atoms with Gasteiger partial charge < -0.3 is 19.6 Å². The quantitative estimate of drug-likeness (QED) is 0.895. The first-order chi connectivity index (χ1) is 12.6. The highest BCUT2D eigenvalue weighted by atomic mass is 16.5. The number of carbonyl (C=O) groups is 1. The zero-order valence-electron chi connectivity index (χ0n) is 15.5. The molecule has 0 aromatic carbocycles. The molecule has 4 rings (SSSR count). The molecule has 1 atom stereocenters. The summed E-state index contributed by atoms with van der Waals surface area (Å²) >= 11 is 0. The lowest BCUT2D eigenvalue weighted by molar-refractivity contribution is -0.139. The van der Waals surface area contributed by atoms with Crippen LogP contribution in [0.15, 0.2) is 12.1 Å². The van der Waals surface area contributed by atoms with E-state index in [1.54, 1.807) is 13.2 Å². The third kappa shape index (κ3) is 3.15. The maximum Gasteiger partial charge on any atom is 0.230 e. The molecule has 26 heavy (non-hydrogen) atoms. The molecule has 1 radical (unpaired) electrons. The molecule has 1 spiro atoms. The van der Waals surface area contributed by atoms with Crippen LogP contribution in [0.1, 0.15) is 44.9 Å². The van der Waals surface area contributed by atoms with Gasteiger partial charge in [0.15, 0.2) is 0 Å². The summed E-state index contributed by atoms with van der Waals surface area (Å²) in [7, 11) is 1.61. The molecule has 6 heteroatoms. The zero-order valence-corrected chi connectivity index (χ0v) is 15.5. The van der Waals surface area contributed by atoms with Gasteiger partial charge in [0.1, 0.15) is 5.82 Å². The number of aromatic nitrogens is 1. The Labute approximate surface area is 155 Å². The maximum atomic E-state index is 13.3. The lowest BCUT2D eigenvalue weighted by atomic mass is 9.78. The van der Waals surface area contributed by atoms with Crippen molar-refractivity contribution in [1.82, 2.24) is 9.88 Å². The van der Waals surface area contributed by atoms with Crippen molar-refractivity contribution in [3.05, 3.63) is 18.2 Å². The number of methoxy groups -OCH3 is 1. The monoisotopic (exact) mass is 358 g/mol. The molecule has 1 aromatic heterocycles. The van der Waals surface area contributed by atoms with Crippen molar-refractivity contribution >= 4 is 11.7 Å². The summed E-state index contributed by atoms with van der Waals surface area (Å²) in [5, 5.41) is 9.75. The van der Waals surface area contributed by atoms with Crippen LogP contribution >= 0.6 is 0 Å². The van der Waals surface area contributed by atoms with Crippen LogP contribution in [0, 0.1) is 11.5 Å². The number of likely N-dealkylation sites (tertiary alicyclic amines) is 1. The molecule has 1 aliphatic carbocycles. The van der Waals surface area contributed by atoms with Crippen LogP contribution in [-0.2, 0) is 4.79 Å². The van der Waals surface area contributed by atoms with E-state index >= 15 is 0 Å². The summed E-state index contributed by atoms with van der Waals surface area (Å²) in [5.74, 6) is 1.67. The lowest BCUT2D eigenvalue weighted by Crippen LogP contribution is -2.50. The topological polar surface area (TPSA) is 65.9 Å². The third-order valence-electron chi connectivity index (χ3n) is 6.39. The Morgan fingerprint density at radius 1 is 1.27 bits per heavy atom. The van der Waals surface area contributed by atoms with Gasteiger partial charge in [0.25, 0.3) is 0 Å². The lowest BCUT2D eigenvalue weighted by Gasteiger charge is -2.40. The summed E-state index contributed by atoms with van der Waals surface area (Å²) in [6.07, 6.45) is 6.18. The summed E-state index contributed by atoms with van der Waals surface area (Å²) < 4.78 is 5.24. The third-order valence-corrected chi connectivity index (χ3v) is 6.39. The number of amides is 1. The summed E-state index contributed by atoms with van der Waals surface area (Å²) in [6.45, 7) is 2.47. The van der Waals surface area contributed by atoms with Gasteiger partial charge in [-0.3, -0.25) is 4.79 Å². The number of hydrogen-bond acceptors (Lipinski definition) is 5. The molecular formula is C20H28N3O3. The maximum absolute atomic E-state index is 13.3. The van der Waals surface area contributed by atoms with Gasteiger partial charge in [0.05, 0.1) is 18.6 Å². The second-order valence-electron chi connectivity index (χ2n) is 7.97. The van der Waals surface area contributed by atoms with Crippen LogP contribution in [0.3, 0.4) is 0 Å². The van der Waals surface area contributed by atoms with Crippen LogP contribution in [0.4, 0.5) is 5.82 Å². The summed E-state index contributed by atoms with van der Waals surface area (Å²) in [5.41, 5.74) is -0.285. The molecule has 2 aliphatic heterocycles. The number of piperidine rings is 1. The Morgan fingerprint density at radius 2 is 2.08 bits per heavy atom. The molecule has 141 valence electrons. The first-order valence-corrected chi connectivity index (χ1v) is 9.78. The average Bonchev–Trinajstić information content (AvgIpc) is 2.98. The Hall–Kier alpha value is -1.82. The minimum absolute atomic E-state index is 0.183. The zero-order chi connectivity index (χ0) is 18.1. The van der Waals surface area contributed by atoms with E-state index < -0.39 is 0 Å². The largest absolute Gasteiger partial charge is 0.481 e. The molecule has 1 amide bonds. The standard InChI is InChI=1S/C20H28N3O3/c1-26-18-5-2-4-17(21-18)22-12-3-10-20(14-22)11-13-23(19(20)25)15-6-8-16(24)9-7-15/h2,5,15-16,24H,3,6-14H2,1H3/t15?,16?,20-/m1/s1. The molecule has 0 unspecified atom stereocenters. The number of anilines is 1. The number of rotatable bonds is 3. The Kier molecular flexibility index (Phi) is 4.78. The van der Waals surface area contributed by atoms with Crippen molar-refractivity contribution in [2.45, 2.75) is 57.1 Å². The van der Waals surface area contributed by atoms with Gasteiger partial charge in [-0.05, 0) is 51.0 Å². The molecule has 1 saturated carbocycles. The molecular weight excluding hydrogens is 330 g/mol. The van der Waals surface area contributed by atoms with E-state index in [0.717, 1.165) is 63.9 Å². The van der Waals surface area contributed by atoms with Gasteiger partial charge in [0.2, 0.25) is 11.8 Å². The minimum Gasteiger partial charge on any atom is -0.481 e. The SMILES string of the molecule is COc1cc[c]c(N2CCC[C@@]3(CCN(C4CCC(O)CC4)C3=O)C2)n1. The van der Waals surface area contributed by atoms with Crippen molar-refractivity contribution < 1.29 is 14.6 Å². The number of nitrogens with zero attached hydrogens (tertiary/aromatic N) is 3. The predicted molar refractivity (Wildman–Crippen MR) is 98.1 cm³/mol.